The van der Waals surface area contributed by atoms with Crippen LogP contribution in [0.3, 0.4) is 0 Å². The second kappa shape index (κ2) is 5.92. The van der Waals surface area contributed by atoms with Crippen molar-refractivity contribution in [3.8, 4) is 0 Å². The minimum atomic E-state index is -0.0542. The van der Waals surface area contributed by atoms with E-state index in [0.29, 0.717) is 33.6 Å². The zero-order valence-electron chi connectivity index (χ0n) is 12.6. The summed E-state index contributed by atoms with van der Waals surface area (Å²) in [6.07, 6.45) is 0. The molecule has 2 aromatic heterocycles. The molecule has 0 unspecified atom stereocenters. The molecule has 0 amide bonds. The monoisotopic (exact) mass is 316 g/mol. The van der Waals surface area contributed by atoms with E-state index in [9.17, 15) is 4.79 Å². The standard InChI is InChI=1S/C15H16N4O2S/c1-9(2)13-18-17-12(21-13)8-22-15-16-11-7-5-4-6-10(11)14(20)19(15)3/h4-7,9H,8H2,1-3H3. The van der Waals surface area contributed by atoms with Crippen molar-refractivity contribution in [2.75, 3.05) is 0 Å². The van der Waals surface area contributed by atoms with Gasteiger partial charge in [0.1, 0.15) is 0 Å². The van der Waals surface area contributed by atoms with Gasteiger partial charge in [-0.2, -0.15) is 0 Å². The number of benzene rings is 1. The molecular formula is C15H16N4O2S. The summed E-state index contributed by atoms with van der Waals surface area (Å²) >= 11 is 1.41. The summed E-state index contributed by atoms with van der Waals surface area (Å²) < 4.78 is 7.11. The Morgan fingerprint density at radius 2 is 2.05 bits per heavy atom. The van der Waals surface area contributed by atoms with Crippen molar-refractivity contribution in [1.29, 1.82) is 0 Å². The molecule has 0 radical (unpaired) electrons. The third-order valence-electron chi connectivity index (χ3n) is 3.24. The topological polar surface area (TPSA) is 73.8 Å². The number of fused-ring (bicyclic) bond motifs is 1. The van der Waals surface area contributed by atoms with E-state index >= 15 is 0 Å². The predicted molar refractivity (Wildman–Crippen MR) is 84.9 cm³/mol. The number of nitrogens with zero attached hydrogens (tertiary/aromatic N) is 4. The first-order chi connectivity index (χ1) is 10.6. The van der Waals surface area contributed by atoms with Crippen molar-refractivity contribution in [2.24, 2.45) is 7.05 Å². The molecule has 2 heterocycles. The van der Waals surface area contributed by atoms with Crippen molar-refractivity contribution in [3.63, 3.8) is 0 Å². The van der Waals surface area contributed by atoms with Crippen LogP contribution in [0.2, 0.25) is 0 Å². The van der Waals surface area contributed by atoms with Crippen LogP contribution in [0.4, 0.5) is 0 Å². The number of rotatable bonds is 4. The normalized spacial score (nSPS) is 11.5. The average Bonchev–Trinajstić information content (AvgIpc) is 2.99. The van der Waals surface area contributed by atoms with E-state index in [1.807, 2.05) is 32.0 Å². The number of para-hydroxylation sites is 1. The third kappa shape index (κ3) is 2.76. The Kier molecular flexibility index (Phi) is 3.98. The van der Waals surface area contributed by atoms with Crippen LogP contribution in [0.5, 0.6) is 0 Å². The van der Waals surface area contributed by atoms with Gasteiger partial charge in [0.2, 0.25) is 11.8 Å². The Labute approximate surface area is 131 Å². The largest absolute Gasteiger partial charge is 0.424 e. The summed E-state index contributed by atoms with van der Waals surface area (Å²) in [6.45, 7) is 4.00. The van der Waals surface area contributed by atoms with Gasteiger partial charge in [-0.3, -0.25) is 9.36 Å². The van der Waals surface area contributed by atoms with Gasteiger partial charge >= 0.3 is 0 Å². The van der Waals surface area contributed by atoms with E-state index < -0.39 is 0 Å². The van der Waals surface area contributed by atoms with Gasteiger partial charge in [0.25, 0.3) is 5.56 Å². The van der Waals surface area contributed by atoms with Crippen LogP contribution in [0.25, 0.3) is 10.9 Å². The van der Waals surface area contributed by atoms with E-state index in [4.69, 9.17) is 4.42 Å². The molecule has 7 heteroatoms. The molecule has 3 rings (SSSR count). The van der Waals surface area contributed by atoms with Crippen molar-refractivity contribution >= 4 is 22.7 Å². The van der Waals surface area contributed by atoms with Gasteiger partial charge < -0.3 is 4.42 Å². The minimum absolute atomic E-state index is 0.0542. The molecule has 22 heavy (non-hydrogen) atoms. The molecule has 1 aromatic carbocycles. The maximum absolute atomic E-state index is 12.3. The molecule has 0 saturated heterocycles. The molecule has 0 saturated carbocycles. The lowest BCUT2D eigenvalue weighted by Gasteiger charge is -2.07. The Morgan fingerprint density at radius 1 is 1.27 bits per heavy atom. The highest BCUT2D eigenvalue weighted by Crippen LogP contribution is 2.22. The van der Waals surface area contributed by atoms with Crippen molar-refractivity contribution in [1.82, 2.24) is 19.7 Å². The lowest BCUT2D eigenvalue weighted by molar-refractivity contribution is 0.445. The van der Waals surface area contributed by atoms with Crippen LogP contribution in [0.1, 0.15) is 31.5 Å². The van der Waals surface area contributed by atoms with Crippen LogP contribution in [-0.2, 0) is 12.8 Å². The van der Waals surface area contributed by atoms with Gasteiger partial charge in [0, 0.05) is 13.0 Å². The van der Waals surface area contributed by atoms with Crippen LogP contribution in [0, 0.1) is 0 Å². The van der Waals surface area contributed by atoms with Crippen LogP contribution < -0.4 is 5.56 Å². The quantitative estimate of drug-likeness (QED) is 0.544. The van der Waals surface area contributed by atoms with Gasteiger partial charge in [0.05, 0.1) is 16.7 Å². The van der Waals surface area contributed by atoms with E-state index in [2.05, 4.69) is 15.2 Å². The maximum Gasteiger partial charge on any atom is 0.261 e. The first-order valence-electron chi connectivity index (χ1n) is 6.97. The van der Waals surface area contributed by atoms with Crippen molar-refractivity contribution in [3.05, 3.63) is 46.4 Å². The van der Waals surface area contributed by atoms with Crippen molar-refractivity contribution < 1.29 is 4.42 Å². The summed E-state index contributed by atoms with van der Waals surface area (Å²) in [6, 6.07) is 7.33. The highest BCUT2D eigenvalue weighted by Gasteiger charge is 2.12. The SMILES string of the molecule is CC(C)c1nnc(CSc2nc3ccccc3c(=O)n2C)o1. The second-order valence-corrected chi connectivity index (χ2v) is 6.20. The summed E-state index contributed by atoms with van der Waals surface area (Å²) in [7, 11) is 1.72. The lowest BCUT2D eigenvalue weighted by Crippen LogP contribution is -2.19. The molecular weight excluding hydrogens is 300 g/mol. The Balaban J connectivity index is 1.87. The zero-order chi connectivity index (χ0) is 15.7. The fraction of sp³-hybridized carbons (Fsp3) is 0.333. The molecule has 0 fully saturated rings. The molecule has 0 spiro atoms. The molecule has 0 N–H and O–H groups in total. The van der Waals surface area contributed by atoms with Gasteiger partial charge in [-0.15, -0.1) is 10.2 Å². The number of aromatic nitrogens is 4. The van der Waals surface area contributed by atoms with Crippen LogP contribution in [-0.4, -0.2) is 19.7 Å². The number of hydrogen-bond donors (Lipinski definition) is 0. The highest BCUT2D eigenvalue weighted by molar-refractivity contribution is 7.98. The lowest BCUT2D eigenvalue weighted by atomic mass is 10.2. The maximum atomic E-state index is 12.3. The predicted octanol–water partition coefficient (Wildman–Crippen LogP) is 2.73. The summed E-state index contributed by atoms with van der Waals surface area (Å²) in [5.74, 6) is 1.85. The first-order valence-corrected chi connectivity index (χ1v) is 7.95. The molecule has 0 aliphatic heterocycles. The third-order valence-corrected chi connectivity index (χ3v) is 4.26. The fourth-order valence-electron chi connectivity index (χ4n) is 2.01. The molecule has 6 nitrogen and oxygen atoms in total. The summed E-state index contributed by atoms with van der Waals surface area (Å²) in [4.78, 5) is 16.8. The Morgan fingerprint density at radius 3 is 2.77 bits per heavy atom. The number of thioether (sulfide) groups is 1. The van der Waals surface area contributed by atoms with Gasteiger partial charge in [-0.1, -0.05) is 37.7 Å². The fourth-order valence-corrected chi connectivity index (χ4v) is 2.82. The van der Waals surface area contributed by atoms with Gasteiger partial charge in [0.15, 0.2) is 5.16 Å². The molecule has 0 bridgehead atoms. The van der Waals surface area contributed by atoms with Crippen LogP contribution in [0.15, 0.2) is 38.6 Å². The molecule has 0 aliphatic carbocycles. The zero-order valence-corrected chi connectivity index (χ0v) is 13.4. The minimum Gasteiger partial charge on any atom is -0.424 e. The van der Waals surface area contributed by atoms with E-state index in [-0.39, 0.29) is 11.5 Å². The smallest absolute Gasteiger partial charge is 0.261 e. The van der Waals surface area contributed by atoms with E-state index in [1.165, 1.54) is 11.8 Å². The van der Waals surface area contributed by atoms with Gasteiger partial charge in [-0.25, -0.2) is 4.98 Å². The molecule has 3 aromatic rings. The summed E-state index contributed by atoms with van der Waals surface area (Å²) in [5.41, 5.74) is 0.642. The van der Waals surface area contributed by atoms with E-state index in [0.717, 1.165) is 0 Å². The average molecular weight is 316 g/mol. The summed E-state index contributed by atoms with van der Waals surface area (Å²) in [5, 5.41) is 9.27. The van der Waals surface area contributed by atoms with Gasteiger partial charge in [-0.05, 0) is 12.1 Å². The molecule has 0 aliphatic rings. The Bertz CT molecular complexity index is 869. The molecule has 0 atom stereocenters. The Hall–Kier alpha value is -2.15. The van der Waals surface area contributed by atoms with Crippen molar-refractivity contribution in [2.45, 2.75) is 30.7 Å². The first kappa shape index (κ1) is 14.8. The number of hydrogen-bond acceptors (Lipinski definition) is 6. The molecule has 114 valence electrons. The second-order valence-electron chi connectivity index (χ2n) is 5.25. The van der Waals surface area contributed by atoms with E-state index in [1.54, 1.807) is 17.7 Å². The highest BCUT2D eigenvalue weighted by atomic mass is 32.2. The van der Waals surface area contributed by atoms with Crippen LogP contribution >= 0.6 is 11.8 Å².